The summed E-state index contributed by atoms with van der Waals surface area (Å²) in [5.41, 5.74) is 2.42. The van der Waals surface area contributed by atoms with Crippen LogP contribution in [-0.4, -0.2) is 5.91 Å². The van der Waals surface area contributed by atoms with Gasteiger partial charge in [0.25, 0.3) is 0 Å². The number of hydrogen-bond donors (Lipinski definition) is 1. The van der Waals surface area contributed by atoms with Crippen LogP contribution < -0.4 is 5.32 Å². The second-order valence-corrected chi connectivity index (χ2v) is 3.53. The maximum absolute atomic E-state index is 11.1. The molecule has 0 fully saturated rings. The van der Waals surface area contributed by atoms with Crippen molar-refractivity contribution < 1.29 is 4.79 Å². The van der Waals surface area contributed by atoms with Crippen LogP contribution >= 0.6 is 0 Å². The fourth-order valence-corrected chi connectivity index (χ4v) is 1.40. The zero-order valence-corrected chi connectivity index (χ0v) is 9.29. The first-order valence-electron chi connectivity index (χ1n) is 5.19. The fraction of sp³-hybridized carbons (Fsp3) is 0.308. The van der Waals surface area contributed by atoms with Crippen molar-refractivity contribution in [2.24, 2.45) is 0 Å². The van der Waals surface area contributed by atoms with E-state index in [1.807, 2.05) is 19.1 Å². The molecule has 1 rings (SSSR count). The molecule has 80 valence electrons. The lowest BCUT2D eigenvalue weighted by atomic mass is 10.1. The maximum Gasteiger partial charge on any atom is 0.243 e. The van der Waals surface area contributed by atoms with Gasteiger partial charge in [-0.2, -0.15) is 0 Å². The highest BCUT2D eigenvalue weighted by Gasteiger charge is 2.06. The zero-order valence-electron chi connectivity index (χ0n) is 9.29. The Morgan fingerprint density at radius 2 is 2.07 bits per heavy atom. The van der Waals surface area contributed by atoms with Gasteiger partial charge < -0.3 is 5.32 Å². The molecule has 0 unspecified atom stereocenters. The summed E-state index contributed by atoms with van der Waals surface area (Å²) in [6, 6.07) is 8.30. The van der Waals surface area contributed by atoms with Crippen molar-refractivity contribution in [2.45, 2.75) is 26.3 Å². The van der Waals surface area contributed by atoms with Crippen molar-refractivity contribution >= 4 is 5.91 Å². The SMILES string of the molecule is C=CC(=O)N[C@@H](C)c1ccc(CC)cc1. The Bertz CT molecular complexity index is 340. The molecule has 0 aromatic heterocycles. The summed E-state index contributed by atoms with van der Waals surface area (Å²) in [6.07, 6.45) is 2.32. The van der Waals surface area contributed by atoms with Gasteiger partial charge in [-0.25, -0.2) is 0 Å². The second-order valence-electron chi connectivity index (χ2n) is 3.53. The maximum atomic E-state index is 11.1. The number of amides is 1. The van der Waals surface area contributed by atoms with Crippen molar-refractivity contribution in [2.75, 3.05) is 0 Å². The third-order valence-corrected chi connectivity index (χ3v) is 2.43. The molecule has 2 heteroatoms. The largest absolute Gasteiger partial charge is 0.346 e. The molecule has 0 radical (unpaired) electrons. The van der Waals surface area contributed by atoms with Crippen molar-refractivity contribution in [1.82, 2.24) is 5.32 Å². The van der Waals surface area contributed by atoms with Gasteiger partial charge in [0.15, 0.2) is 0 Å². The molecule has 0 bridgehead atoms. The van der Waals surface area contributed by atoms with E-state index in [2.05, 4.69) is 31.0 Å². The highest BCUT2D eigenvalue weighted by atomic mass is 16.1. The number of aryl methyl sites for hydroxylation is 1. The molecule has 0 aliphatic heterocycles. The molecular weight excluding hydrogens is 186 g/mol. The van der Waals surface area contributed by atoms with Gasteiger partial charge in [0.2, 0.25) is 5.91 Å². The molecule has 0 aliphatic carbocycles. The molecular formula is C13H17NO. The van der Waals surface area contributed by atoms with Crippen molar-refractivity contribution in [3.8, 4) is 0 Å². The Labute approximate surface area is 91.0 Å². The molecule has 0 heterocycles. The number of hydrogen-bond acceptors (Lipinski definition) is 1. The Balaban J connectivity index is 2.69. The Hall–Kier alpha value is -1.57. The van der Waals surface area contributed by atoms with Gasteiger partial charge in [0, 0.05) is 0 Å². The minimum absolute atomic E-state index is 0.0291. The predicted octanol–water partition coefficient (Wildman–Crippen LogP) is 2.61. The fourth-order valence-electron chi connectivity index (χ4n) is 1.40. The molecule has 1 atom stereocenters. The highest BCUT2D eigenvalue weighted by Crippen LogP contribution is 2.13. The van der Waals surface area contributed by atoms with E-state index in [1.54, 1.807) is 0 Å². The third-order valence-electron chi connectivity index (χ3n) is 2.43. The molecule has 0 aliphatic rings. The van der Waals surface area contributed by atoms with Gasteiger partial charge in [-0.15, -0.1) is 0 Å². The lowest BCUT2D eigenvalue weighted by molar-refractivity contribution is -0.117. The number of nitrogens with one attached hydrogen (secondary N) is 1. The molecule has 0 saturated carbocycles. The molecule has 15 heavy (non-hydrogen) atoms. The van der Waals surface area contributed by atoms with Crippen LogP contribution in [0, 0.1) is 0 Å². The summed E-state index contributed by atoms with van der Waals surface area (Å²) < 4.78 is 0. The third kappa shape index (κ3) is 3.24. The smallest absolute Gasteiger partial charge is 0.243 e. The van der Waals surface area contributed by atoms with Gasteiger partial charge >= 0.3 is 0 Å². The average molecular weight is 203 g/mol. The quantitative estimate of drug-likeness (QED) is 0.749. The standard InChI is InChI=1S/C13H17NO/c1-4-11-6-8-12(9-7-11)10(3)14-13(15)5-2/h5-10H,2,4H2,1,3H3,(H,14,15)/t10-/m0/s1. The first-order chi connectivity index (χ1) is 7.17. The van der Waals surface area contributed by atoms with E-state index in [0.29, 0.717) is 0 Å². The van der Waals surface area contributed by atoms with Crippen LogP contribution in [0.4, 0.5) is 0 Å². The van der Waals surface area contributed by atoms with Gasteiger partial charge in [-0.3, -0.25) is 4.79 Å². The summed E-state index contributed by atoms with van der Waals surface area (Å²) in [4.78, 5) is 11.1. The van der Waals surface area contributed by atoms with Crippen molar-refractivity contribution in [1.29, 1.82) is 0 Å². The molecule has 2 nitrogen and oxygen atoms in total. The van der Waals surface area contributed by atoms with Gasteiger partial charge in [-0.05, 0) is 30.5 Å². The monoisotopic (exact) mass is 203 g/mol. The van der Waals surface area contributed by atoms with E-state index in [4.69, 9.17) is 0 Å². The van der Waals surface area contributed by atoms with Gasteiger partial charge in [-0.1, -0.05) is 37.8 Å². The lowest BCUT2D eigenvalue weighted by Crippen LogP contribution is -2.24. The van der Waals surface area contributed by atoms with E-state index in [9.17, 15) is 4.79 Å². The number of benzene rings is 1. The summed E-state index contributed by atoms with van der Waals surface area (Å²) in [7, 11) is 0. The van der Waals surface area contributed by atoms with Gasteiger partial charge in [0.05, 0.1) is 6.04 Å². The second kappa shape index (κ2) is 5.35. The number of carbonyl (C=O) groups excluding carboxylic acids is 1. The van der Waals surface area contributed by atoms with Crippen molar-refractivity contribution in [3.05, 3.63) is 48.0 Å². The molecule has 1 N–H and O–H groups in total. The van der Waals surface area contributed by atoms with E-state index in [-0.39, 0.29) is 11.9 Å². The first kappa shape index (κ1) is 11.5. The summed E-state index contributed by atoms with van der Waals surface area (Å²) in [5, 5.41) is 2.83. The summed E-state index contributed by atoms with van der Waals surface area (Å²) >= 11 is 0. The van der Waals surface area contributed by atoms with Crippen LogP contribution in [0.2, 0.25) is 0 Å². The Kier molecular flexibility index (Phi) is 4.10. The van der Waals surface area contributed by atoms with E-state index < -0.39 is 0 Å². The Morgan fingerprint density at radius 3 is 2.53 bits per heavy atom. The molecule has 1 aromatic rings. The zero-order chi connectivity index (χ0) is 11.3. The normalized spacial score (nSPS) is 11.9. The minimum Gasteiger partial charge on any atom is -0.346 e. The molecule has 1 amide bonds. The minimum atomic E-state index is -0.137. The van der Waals surface area contributed by atoms with E-state index in [1.165, 1.54) is 11.6 Å². The predicted molar refractivity (Wildman–Crippen MR) is 62.6 cm³/mol. The van der Waals surface area contributed by atoms with Gasteiger partial charge in [0.1, 0.15) is 0 Å². The summed E-state index contributed by atoms with van der Waals surface area (Å²) in [6.45, 7) is 7.51. The first-order valence-corrected chi connectivity index (χ1v) is 5.19. The molecule has 0 spiro atoms. The highest BCUT2D eigenvalue weighted by molar-refractivity contribution is 5.87. The van der Waals surface area contributed by atoms with E-state index >= 15 is 0 Å². The molecule has 0 saturated heterocycles. The van der Waals surface area contributed by atoms with E-state index in [0.717, 1.165) is 12.0 Å². The number of carbonyl (C=O) groups is 1. The molecule has 1 aromatic carbocycles. The van der Waals surface area contributed by atoms with Crippen LogP contribution in [0.1, 0.15) is 31.0 Å². The van der Waals surface area contributed by atoms with Crippen molar-refractivity contribution in [3.63, 3.8) is 0 Å². The average Bonchev–Trinajstić information content (AvgIpc) is 2.29. The van der Waals surface area contributed by atoms with Crippen LogP contribution in [0.5, 0.6) is 0 Å². The van der Waals surface area contributed by atoms with Crippen LogP contribution in [0.15, 0.2) is 36.9 Å². The van der Waals surface area contributed by atoms with Crippen LogP contribution in [0.25, 0.3) is 0 Å². The van der Waals surface area contributed by atoms with Crippen LogP contribution in [0.3, 0.4) is 0 Å². The number of rotatable bonds is 4. The lowest BCUT2D eigenvalue weighted by Gasteiger charge is -2.13. The summed E-state index contributed by atoms with van der Waals surface area (Å²) in [5.74, 6) is -0.137. The topological polar surface area (TPSA) is 29.1 Å². The van der Waals surface area contributed by atoms with Crippen LogP contribution in [-0.2, 0) is 11.2 Å². The Morgan fingerprint density at radius 1 is 1.47 bits per heavy atom.